The third kappa shape index (κ3) is 2.10. The maximum Gasteiger partial charge on any atom is 0.157 e. The van der Waals surface area contributed by atoms with E-state index in [0.29, 0.717) is 5.78 Å². The van der Waals surface area contributed by atoms with Gasteiger partial charge in [0.15, 0.2) is 5.78 Å². The Morgan fingerprint density at radius 1 is 1.11 bits per heavy atom. The van der Waals surface area contributed by atoms with Gasteiger partial charge in [0.1, 0.15) is 5.54 Å². The van der Waals surface area contributed by atoms with E-state index in [9.17, 15) is 4.79 Å². The molecule has 2 rings (SSSR count). The van der Waals surface area contributed by atoms with Crippen LogP contribution >= 0.6 is 0 Å². The van der Waals surface area contributed by atoms with Crippen molar-refractivity contribution in [1.29, 1.82) is 0 Å². The van der Waals surface area contributed by atoms with Crippen molar-refractivity contribution in [1.82, 2.24) is 4.90 Å². The molecule has 0 radical (unpaired) electrons. The molecule has 1 atom stereocenters. The first-order chi connectivity index (χ1) is 8.75. The summed E-state index contributed by atoms with van der Waals surface area (Å²) in [6, 6.07) is 10.3. The minimum Gasteiger partial charge on any atom is -0.297 e. The number of carbonyl (C=O) groups excluding carboxylic acids is 1. The zero-order valence-electron chi connectivity index (χ0n) is 11.5. The number of ketones is 1. The topological polar surface area (TPSA) is 20.3 Å². The molecule has 0 bridgehead atoms. The third-order valence-electron chi connectivity index (χ3n) is 4.21. The molecule has 0 spiro atoms. The highest BCUT2D eigenvalue weighted by Crippen LogP contribution is 2.39. The van der Waals surface area contributed by atoms with Gasteiger partial charge in [-0.1, -0.05) is 50.6 Å². The summed E-state index contributed by atoms with van der Waals surface area (Å²) >= 11 is 0. The van der Waals surface area contributed by atoms with Crippen LogP contribution in [0.15, 0.2) is 30.3 Å². The lowest BCUT2D eigenvalue weighted by Gasteiger charge is -2.44. The molecule has 0 unspecified atom stereocenters. The number of likely N-dealkylation sites (N-methyl/N-ethyl adjacent to an activating group) is 1. The van der Waals surface area contributed by atoms with E-state index >= 15 is 0 Å². The molecular formula is C16H23NO. The highest BCUT2D eigenvalue weighted by atomic mass is 16.1. The van der Waals surface area contributed by atoms with Crippen molar-refractivity contribution < 1.29 is 4.79 Å². The van der Waals surface area contributed by atoms with Gasteiger partial charge in [-0.25, -0.2) is 0 Å². The van der Waals surface area contributed by atoms with Crippen molar-refractivity contribution in [3.8, 4) is 0 Å². The van der Waals surface area contributed by atoms with E-state index in [2.05, 4.69) is 30.9 Å². The summed E-state index contributed by atoms with van der Waals surface area (Å²) in [5, 5.41) is 0. The van der Waals surface area contributed by atoms with Crippen molar-refractivity contribution in [2.75, 3.05) is 13.1 Å². The lowest BCUT2D eigenvalue weighted by molar-refractivity contribution is -0.135. The van der Waals surface area contributed by atoms with E-state index in [1.807, 2.05) is 18.2 Å². The molecule has 0 heterocycles. The van der Waals surface area contributed by atoms with Gasteiger partial charge in [-0.2, -0.15) is 0 Å². The molecule has 1 aromatic rings. The number of hydrogen-bond donors (Lipinski definition) is 0. The Hall–Kier alpha value is -1.15. The van der Waals surface area contributed by atoms with Crippen molar-refractivity contribution in [2.24, 2.45) is 0 Å². The predicted octanol–water partition coefficient (Wildman–Crippen LogP) is 3.37. The standard InChI is InChI=1S/C16H23NO/c1-3-17(4-2)16(13-9-8-12-15(16)18)14-10-6-5-7-11-14/h5-7,10-11H,3-4,8-9,12-13H2,1-2H3/t16-/m0/s1. The number of hydrogen-bond acceptors (Lipinski definition) is 2. The number of rotatable bonds is 4. The zero-order chi connectivity index (χ0) is 13.0. The van der Waals surface area contributed by atoms with Gasteiger partial charge < -0.3 is 0 Å². The van der Waals surface area contributed by atoms with Gasteiger partial charge in [0, 0.05) is 6.42 Å². The summed E-state index contributed by atoms with van der Waals surface area (Å²) in [6.45, 7) is 6.15. The normalized spacial score (nSPS) is 24.5. The van der Waals surface area contributed by atoms with Crippen LogP contribution in [0.4, 0.5) is 0 Å². The SMILES string of the molecule is CCN(CC)[C@]1(c2ccccc2)CCCCC1=O. The summed E-state index contributed by atoms with van der Waals surface area (Å²) in [7, 11) is 0. The van der Waals surface area contributed by atoms with E-state index in [0.717, 1.165) is 38.8 Å². The Balaban J connectivity index is 2.48. The Morgan fingerprint density at radius 2 is 1.78 bits per heavy atom. The second kappa shape index (κ2) is 5.66. The van der Waals surface area contributed by atoms with Gasteiger partial charge in [0.25, 0.3) is 0 Å². The molecule has 18 heavy (non-hydrogen) atoms. The van der Waals surface area contributed by atoms with Gasteiger partial charge >= 0.3 is 0 Å². The average Bonchev–Trinajstić information content (AvgIpc) is 2.43. The monoisotopic (exact) mass is 245 g/mol. The number of nitrogens with zero attached hydrogens (tertiary/aromatic N) is 1. The Labute approximate surface area is 110 Å². The minimum absolute atomic E-state index is 0.358. The van der Waals surface area contributed by atoms with E-state index in [1.54, 1.807) is 0 Å². The van der Waals surface area contributed by atoms with Gasteiger partial charge in [0.05, 0.1) is 0 Å². The molecule has 0 saturated heterocycles. The quantitative estimate of drug-likeness (QED) is 0.810. The zero-order valence-corrected chi connectivity index (χ0v) is 11.5. The predicted molar refractivity (Wildman–Crippen MR) is 74.5 cm³/mol. The fraction of sp³-hybridized carbons (Fsp3) is 0.562. The van der Waals surface area contributed by atoms with Crippen molar-refractivity contribution in [3.05, 3.63) is 35.9 Å². The Bertz CT molecular complexity index is 397. The molecule has 1 aromatic carbocycles. The van der Waals surface area contributed by atoms with Crippen LogP contribution in [-0.4, -0.2) is 23.8 Å². The first-order valence-corrected chi connectivity index (χ1v) is 7.09. The maximum absolute atomic E-state index is 12.6. The van der Waals surface area contributed by atoms with Crippen LogP contribution in [0, 0.1) is 0 Å². The summed E-state index contributed by atoms with van der Waals surface area (Å²) < 4.78 is 0. The maximum atomic E-state index is 12.6. The fourth-order valence-electron chi connectivity index (χ4n) is 3.31. The first kappa shape index (κ1) is 13.3. The Morgan fingerprint density at radius 3 is 2.33 bits per heavy atom. The van der Waals surface area contributed by atoms with Crippen molar-refractivity contribution >= 4 is 5.78 Å². The van der Waals surface area contributed by atoms with Gasteiger partial charge in [0.2, 0.25) is 0 Å². The van der Waals surface area contributed by atoms with Crippen LogP contribution in [0.2, 0.25) is 0 Å². The van der Waals surface area contributed by atoms with E-state index in [-0.39, 0.29) is 5.54 Å². The molecular weight excluding hydrogens is 222 g/mol. The minimum atomic E-state index is -0.358. The van der Waals surface area contributed by atoms with E-state index < -0.39 is 0 Å². The summed E-state index contributed by atoms with van der Waals surface area (Å²) in [5.74, 6) is 0.406. The molecule has 0 aromatic heterocycles. The molecule has 1 fully saturated rings. The molecule has 1 aliphatic rings. The number of Topliss-reactive ketones (excluding diaryl/α,β-unsaturated/α-hetero) is 1. The molecule has 0 N–H and O–H groups in total. The average molecular weight is 245 g/mol. The molecule has 2 nitrogen and oxygen atoms in total. The fourth-order valence-corrected chi connectivity index (χ4v) is 3.31. The molecule has 1 aliphatic carbocycles. The van der Waals surface area contributed by atoms with E-state index in [1.165, 1.54) is 5.56 Å². The molecule has 1 saturated carbocycles. The summed E-state index contributed by atoms with van der Waals surface area (Å²) in [5.41, 5.74) is 0.821. The molecule has 2 heteroatoms. The number of benzene rings is 1. The molecule has 0 aliphatic heterocycles. The molecule has 0 amide bonds. The second-order valence-corrected chi connectivity index (χ2v) is 5.03. The van der Waals surface area contributed by atoms with Crippen molar-refractivity contribution in [3.63, 3.8) is 0 Å². The number of carbonyl (C=O) groups is 1. The largest absolute Gasteiger partial charge is 0.297 e. The van der Waals surface area contributed by atoms with Crippen LogP contribution in [-0.2, 0) is 10.3 Å². The lowest BCUT2D eigenvalue weighted by atomic mass is 9.74. The first-order valence-electron chi connectivity index (χ1n) is 7.09. The van der Waals surface area contributed by atoms with Crippen LogP contribution in [0.1, 0.15) is 45.1 Å². The van der Waals surface area contributed by atoms with Gasteiger partial charge in [-0.05, 0) is 31.5 Å². The second-order valence-electron chi connectivity index (χ2n) is 5.03. The van der Waals surface area contributed by atoms with Crippen LogP contribution < -0.4 is 0 Å². The summed E-state index contributed by atoms with van der Waals surface area (Å²) in [4.78, 5) is 15.0. The lowest BCUT2D eigenvalue weighted by Crippen LogP contribution is -2.53. The van der Waals surface area contributed by atoms with Gasteiger partial charge in [-0.15, -0.1) is 0 Å². The third-order valence-corrected chi connectivity index (χ3v) is 4.21. The van der Waals surface area contributed by atoms with Gasteiger partial charge in [-0.3, -0.25) is 9.69 Å². The highest BCUT2D eigenvalue weighted by Gasteiger charge is 2.44. The van der Waals surface area contributed by atoms with E-state index in [4.69, 9.17) is 0 Å². The molecule has 98 valence electrons. The summed E-state index contributed by atoms with van der Waals surface area (Å²) in [6.07, 6.45) is 3.90. The van der Waals surface area contributed by atoms with Crippen LogP contribution in [0.3, 0.4) is 0 Å². The van der Waals surface area contributed by atoms with Crippen molar-refractivity contribution in [2.45, 2.75) is 45.1 Å². The Kier molecular flexibility index (Phi) is 4.18. The van der Waals surface area contributed by atoms with Crippen LogP contribution in [0.25, 0.3) is 0 Å². The highest BCUT2D eigenvalue weighted by molar-refractivity contribution is 5.90. The van der Waals surface area contributed by atoms with Crippen LogP contribution in [0.5, 0.6) is 0 Å². The smallest absolute Gasteiger partial charge is 0.157 e.